The number of rotatable bonds is 0. The summed E-state index contributed by atoms with van der Waals surface area (Å²) in [5.41, 5.74) is 1.95. The van der Waals surface area contributed by atoms with Crippen LogP contribution in [0.3, 0.4) is 0 Å². The average molecular weight is 185 g/mol. The highest BCUT2D eigenvalue weighted by Gasteiger charge is 2.16. The molecular formula is C7H7NOS2. The predicted molar refractivity (Wildman–Crippen MR) is 48.0 cm³/mol. The molecule has 0 aliphatic carbocycles. The van der Waals surface area contributed by atoms with Crippen molar-refractivity contribution in [2.45, 2.75) is 10.6 Å². The lowest BCUT2D eigenvalue weighted by molar-refractivity contribution is 0.318. The maximum atomic E-state index is 8.64. The van der Waals surface area contributed by atoms with Crippen LogP contribution in [0.4, 0.5) is 0 Å². The first kappa shape index (κ1) is 7.18. The standard InChI is InChI=1S/C7H7NOS2/c9-8-6-2-4-11-7-5(6)1-3-10-7/h1,3,9H,2,4H2. The van der Waals surface area contributed by atoms with E-state index in [1.165, 1.54) is 4.21 Å². The Labute approximate surface area is 72.9 Å². The number of nitrogens with zero attached hydrogens (tertiary/aromatic N) is 1. The van der Waals surface area contributed by atoms with Gasteiger partial charge in [-0.1, -0.05) is 5.16 Å². The monoisotopic (exact) mass is 185 g/mol. The molecule has 2 heterocycles. The molecule has 4 heteroatoms. The molecule has 0 unspecified atom stereocenters. The molecule has 11 heavy (non-hydrogen) atoms. The van der Waals surface area contributed by atoms with Crippen LogP contribution in [0.2, 0.25) is 0 Å². The van der Waals surface area contributed by atoms with Gasteiger partial charge in [-0.25, -0.2) is 0 Å². The van der Waals surface area contributed by atoms with Gasteiger partial charge in [-0.3, -0.25) is 0 Å². The van der Waals surface area contributed by atoms with E-state index in [4.69, 9.17) is 5.21 Å². The van der Waals surface area contributed by atoms with Crippen molar-refractivity contribution in [3.8, 4) is 0 Å². The number of thiophene rings is 1. The molecule has 1 aliphatic heterocycles. The Hall–Kier alpha value is -0.480. The van der Waals surface area contributed by atoms with E-state index in [0.29, 0.717) is 0 Å². The molecule has 0 radical (unpaired) electrons. The minimum atomic E-state index is 0.833. The van der Waals surface area contributed by atoms with Crippen molar-refractivity contribution in [1.82, 2.24) is 0 Å². The van der Waals surface area contributed by atoms with Gasteiger partial charge in [0, 0.05) is 17.7 Å². The van der Waals surface area contributed by atoms with Crippen LogP contribution in [0.1, 0.15) is 12.0 Å². The summed E-state index contributed by atoms with van der Waals surface area (Å²) in [6.07, 6.45) is 0.880. The van der Waals surface area contributed by atoms with Gasteiger partial charge in [-0.2, -0.15) is 0 Å². The van der Waals surface area contributed by atoms with E-state index >= 15 is 0 Å². The van der Waals surface area contributed by atoms with Gasteiger partial charge in [0.15, 0.2) is 0 Å². The lowest BCUT2D eigenvalue weighted by atomic mass is 10.1. The van der Waals surface area contributed by atoms with Gasteiger partial charge in [-0.15, -0.1) is 23.1 Å². The molecule has 0 atom stereocenters. The SMILES string of the molecule is ON=C1CCSc2sccc21. The third kappa shape index (κ3) is 1.16. The molecule has 0 fully saturated rings. The normalized spacial score (nSPS) is 20.2. The second-order valence-corrected chi connectivity index (χ2v) is 4.55. The van der Waals surface area contributed by atoms with Crippen molar-refractivity contribution >= 4 is 28.8 Å². The summed E-state index contributed by atoms with van der Waals surface area (Å²) in [6.45, 7) is 0. The van der Waals surface area contributed by atoms with Crippen molar-refractivity contribution in [2.24, 2.45) is 5.16 Å². The Kier molecular flexibility index (Phi) is 1.87. The summed E-state index contributed by atoms with van der Waals surface area (Å²) >= 11 is 3.56. The fraction of sp³-hybridized carbons (Fsp3) is 0.286. The molecule has 1 aliphatic rings. The summed E-state index contributed by atoms with van der Waals surface area (Å²) in [6, 6.07) is 2.02. The number of hydrogen-bond acceptors (Lipinski definition) is 4. The zero-order valence-electron chi connectivity index (χ0n) is 5.78. The van der Waals surface area contributed by atoms with Crippen molar-refractivity contribution in [3.05, 3.63) is 17.0 Å². The molecule has 0 spiro atoms. The Morgan fingerprint density at radius 1 is 1.55 bits per heavy atom. The third-order valence-electron chi connectivity index (χ3n) is 1.63. The van der Waals surface area contributed by atoms with E-state index in [0.717, 1.165) is 23.4 Å². The summed E-state index contributed by atoms with van der Waals surface area (Å²) in [7, 11) is 0. The molecular weight excluding hydrogens is 178 g/mol. The number of oxime groups is 1. The lowest BCUT2D eigenvalue weighted by Crippen LogP contribution is -2.06. The van der Waals surface area contributed by atoms with Gasteiger partial charge in [0.05, 0.1) is 9.92 Å². The molecule has 2 rings (SSSR count). The molecule has 1 aromatic heterocycles. The molecule has 58 valence electrons. The molecule has 1 N–H and O–H groups in total. The van der Waals surface area contributed by atoms with Gasteiger partial charge >= 0.3 is 0 Å². The van der Waals surface area contributed by atoms with E-state index in [1.54, 1.807) is 11.3 Å². The van der Waals surface area contributed by atoms with Crippen LogP contribution >= 0.6 is 23.1 Å². The quantitative estimate of drug-likeness (QED) is 0.497. The smallest absolute Gasteiger partial charge is 0.0895 e. The molecule has 0 amide bonds. The minimum Gasteiger partial charge on any atom is -0.411 e. The number of fused-ring (bicyclic) bond motifs is 1. The topological polar surface area (TPSA) is 32.6 Å². The Bertz CT molecular complexity index is 292. The minimum absolute atomic E-state index is 0.833. The van der Waals surface area contributed by atoms with Crippen LogP contribution in [0.5, 0.6) is 0 Å². The molecule has 0 saturated carbocycles. The fourth-order valence-electron chi connectivity index (χ4n) is 1.10. The Balaban J connectivity index is 2.48. The van der Waals surface area contributed by atoms with Crippen molar-refractivity contribution in [2.75, 3.05) is 5.75 Å². The van der Waals surface area contributed by atoms with E-state index in [9.17, 15) is 0 Å². The second-order valence-electron chi connectivity index (χ2n) is 2.27. The van der Waals surface area contributed by atoms with Crippen molar-refractivity contribution < 1.29 is 5.21 Å². The Morgan fingerprint density at radius 3 is 3.27 bits per heavy atom. The van der Waals surface area contributed by atoms with Crippen LogP contribution in [0.15, 0.2) is 20.8 Å². The summed E-state index contributed by atoms with van der Waals surface area (Å²) in [5.74, 6) is 1.03. The molecule has 0 aromatic carbocycles. The number of thioether (sulfide) groups is 1. The second kappa shape index (κ2) is 2.87. The zero-order valence-corrected chi connectivity index (χ0v) is 7.41. The van der Waals surface area contributed by atoms with Crippen LogP contribution < -0.4 is 0 Å². The number of hydrogen-bond donors (Lipinski definition) is 1. The fourth-order valence-corrected chi connectivity index (χ4v) is 3.25. The third-order valence-corrected chi connectivity index (χ3v) is 3.87. The van der Waals surface area contributed by atoms with Crippen LogP contribution in [0.25, 0.3) is 0 Å². The van der Waals surface area contributed by atoms with Crippen LogP contribution in [0, 0.1) is 0 Å². The molecule has 1 aromatic rings. The van der Waals surface area contributed by atoms with Crippen molar-refractivity contribution in [3.63, 3.8) is 0 Å². The summed E-state index contributed by atoms with van der Waals surface area (Å²) in [4.78, 5) is 0. The van der Waals surface area contributed by atoms with E-state index < -0.39 is 0 Å². The van der Waals surface area contributed by atoms with Crippen LogP contribution in [-0.2, 0) is 0 Å². The van der Waals surface area contributed by atoms with E-state index in [-0.39, 0.29) is 0 Å². The molecule has 2 nitrogen and oxygen atoms in total. The highest BCUT2D eigenvalue weighted by atomic mass is 32.2. The largest absolute Gasteiger partial charge is 0.411 e. The van der Waals surface area contributed by atoms with Gasteiger partial charge in [0.1, 0.15) is 0 Å². The first-order valence-electron chi connectivity index (χ1n) is 3.33. The maximum absolute atomic E-state index is 8.64. The van der Waals surface area contributed by atoms with E-state index in [1.807, 2.05) is 23.2 Å². The molecule has 0 saturated heterocycles. The highest BCUT2D eigenvalue weighted by molar-refractivity contribution is 8.01. The van der Waals surface area contributed by atoms with Gasteiger partial charge in [-0.05, 0) is 11.4 Å². The first-order valence-corrected chi connectivity index (χ1v) is 5.20. The average Bonchev–Trinajstić information content (AvgIpc) is 2.50. The van der Waals surface area contributed by atoms with Gasteiger partial charge < -0.3 is 5.21 Å². The summed E-state index contributed by atoms with van der Waals surface area (Å²) in [5, 5.41) is 13.9. The maximum Gasteiger partial charge on any atom is 0.0895 e. The van der Waals surface area contributed by atoms with Gasteiger partial charge in [0.25, 0.3) is 0 Å². The first-order chi connectivity index (χ1) is 5.42. The molecule has 0 bridgehead atoms. The van der Waals surface area contributed by atoms with Crippen molar-refractivity contribution in [1.29, 1.82) is 0 Å². The van der Waals surface area contributed by atoms with Gasteiger partial charge in [0.2, 0.25) is 0 Å². The van der Waals surface area contributed by atoms with Crippen LogP contribution in [-0.4, -0.2) is 16.7 Å². The Morgan fingerprint density at radius 2 is 2.45 bits per heavy atom. The van der Waals surface area contributed by atoms with E-state index in [2.05, 4.69) is 5.16 Å². The zero-order chi connectivity index (χ0) is 7.68. The highest BCUT2D eigenvalue weighted by Crippen LogP contribution is 2.34. The lowest BCUT2D eigenvalue weighted by Gasteiger charge is -2.10. The summed E-state index contributed by atoms with van der Waals surface area (Å²) < 4.78 is 1.28. The predicted octanol–water partition coefficient (Wildman–Crippen LogP) is 2.42.